The van der Waals surface area contributed by atoms with Gasteiger partial charge < -0.3 is 4.90 Å². The highest BCUT2D eigenvalue weighted by Crippen LogP contribution is 2.29. The van der Waals surface area contributed by atoms with E-state index in [0.29, 0.717) is 30.4 Å². The second-order valence-electron chi connectivity index (χ2n) is 5.88. The minimum absolute atomic E-state index is 0.0450. The topological polar surface area (TPSA) is 92.6 Å². The maximum absolute atomic E-state index is 12.9. The monoisotopic (exact) mass is 311 g/mol. The van der Waals surface area contributed by atoms with Gasteiger partial charge >= 0.3 is 0 Å². The Morgan fingerprint density at radius 2 is 2.30 bits per heavy atom. The van der Waals surface area contributed by atoms with E-state index in [1.54, 1.807) is 4.68 Å². The summed E-state index contributed by atoms with van der Waals surface area (Å²) in [6.07, 6.45) is 4.66. The van der Waals surface area contributed by atoms with Crippen molar-refractivity contribution in [1.29, 1.82) is 0 Å². The first-order valence-corrected chi connectivity index (χ1v) is 7.67. The first-order chi connectivity index (χ1) is 11.2. The number of carbonyl (C=O) groups excluding carboxylic acids is 1. The molecule has 1 N–H and O–H groups in total. The van der Waals surface area contributed by atoms with Crippen LogP contribution in [0.5, 0.6) is 0 Å². The lowest BCUT2D eigenvalue weighted by atomic mass is 10.1. The number of rotatable bonds is 5. The van der Waals surface area contributed by atoms with Gasteiger partial charge in [-0.1, -0.05) is 11.3 Å². The smallest absolute Gasteiger partial charge is 0.254 e. The Kier molecular flexibility index (Phi) is 3.29. The van der Waals surface area contributed by atoms with Gasteiger partial charge in [0.15, 0.2) is 5.82 Å². The number of aromatic amines is 1. The molecule has 1 saturated carbocycles. The van der Waals surface area contributed by atoms with E-state index < -0.39 is 0 Å². The molecule has 23 heavy (non-hydrogen) atoms. The molecule has 1 aliphatic rings. The maximum Gasteiger partial charge on any atom is 0.254 e. The Morgan fingerprint density at radius 3 is 3.04 bits per heavy atom. The minimum Gasteiger partial charge on any atom is -0.335 e. The standard InChI is InChI=1S/C15H17N7O/c1-21-9-11-3-2-10(8-13(11)18-21)15(23)22(12-4-5-12)7-6-14-16-19-20-17-14/h2-3,8-9,12H,4-7H2,1H3,(H,16,17,19,20). The van der Waals surface area contributed by atoms with E-state index >= 15 is 0 Å². The number of amides is 1. The molecule has 1 amide bonds. The summed E-state index contributed by atoms with van der Waals surface area (Å²) >= 11 is 0. The van der Waals surface area contributed by atoms with Crippen LogP contribution in [0.3, 0.4) is 0 Å². The van der Waals surface area contributed by atoms with Crippen LogP contribution >= 0.6 is 0 Å². The Morgan fingerprint density at radius 1 is 1.43 bits per heavy atom. The molecule has 4 rings (SSSR count). The molecule has 8 heteroatoms. The van der Waals surface area contributed by atoms with Crippen molar-refractivity contribution in [3.8, 4) is 0 Å². The van der Waals surface area contributed by atoms with Crippen molar-refractivity contribution in [1.82, 2.24) is 35.3 Å². The number of hydrogen-bond donors (Lipinski definition) is 1. The van der Waals surface area contributed by atoms with E-state index in [0.717, 1.165) is 23.7 Å². The molecule has 1 aromatic carbocycles. The molecule has 118 valence electrons. The number of aromatic nitrogens is 6. The molecular weight excluding hydrogens is 294 g/mol. The summed E-state index contributed by atoms with van der Waals surface area (Å²) in [5, 5.41) is 19.3. The summed E-state index contributed by atoms with van der Waals surface area (Å²) in [6.45, 7) is 0.600. The van der Waals surface area contributed by atoms with Crippen LogP contribution in [0, 0.1) is 0 Å². The Balaban J connectivity index is 1.55. The summed E-state index contributed by atoms with van der Waals surface area (Å²) in [4.78, 5) is 14.8. The van der Waals surface area contributed by atoms with Crippen LogP contribution in [0.25, 0.3) is 10.9 Å². The molecule has 0 unspecified atom stereocenters. The summed E-state index contributed by atoms with van der Waals surface area (Å²) in [5.74, 6) is 0.673. The highest BCUT2D eigenvalue weighted by Gasteiger charge is 2.33. The third-order valence-electron chi connectivity index (χ3n) is 4.08. The van der Waals surface area contributed by atoms with Crippen LogP contribution in [0.2, 0.25) is 0 Å². The fourth-order valence-corrected chi connectivity index (χ4v) is 2.78. The largest absolute Gasteiger partial charge is 0.335 e. The number of aryl methyl sites for hydroxylation is 1. The van der Waals surface area contributed by atoms with Gasteiger partial charge in [0.2, 0.25) is 0 Å². The number of benzene rings is 1. The van der Waals surface area contributed by atoms with E-state index in [1.165, 1.54) is 0 Å². The molecule has 0 aliphatic heterocycles. The second-order valence-corrected chi connectivity index (χ2v) is 5.88. The fourth-order valence-electron chi connectivity index (χ4n) is 2.78. The van der Waals surface area contributed by atoms with Gasteiger partial charge in [-0.2, -0.15) is 10.3 Å². The van der Waals surface area contributed by atoms with Gasteiger partial charge in [0.25, 0.3) is 5.91 Å². The van der Waals surface area contributed by atoms with Gasteiger partial charge in [-0.05, 0) is 25.0 Å². The predicted molar refractivity (Wildman–Crippen MR) is 82.7 cm³/mol. The van der Waals surface area contributed by atoms with E-state index in [-0.39, 0.29) is 5.91 Å². The summed E-state index contributed by atoms with van der Waals surface area (Å²) < 4.78 is 1.76. The molecule has 0 bridgehead atoms. The molecule has 0 radical (unpaired) electrons. The first kappa shape index (κ1) is 13.9. The number of nitrogens with zero attached hydrogens (tertiary/aromatic N) is 6. The number of tetrazole rings is 1. The lowest BCUT2D eigenvalue weighted by Crippen LogP contribution is -2.35. The minimum atomic E-state index is 0.0450. The molecule has 3 aromatic rings. The normalized spacial score (nSPS) is 14.3. The van der Waals surface area contributed by atoms with Crippen molar-refractivity contribution in [2.24, 2.45) is 7.05 Å². The van der Waals surface area contributed by atoms with E-state index in [2.05, 4.69) is 25.7 Å². The molecule has 8 nitrogen and oxygen atoms in total. The van der Waals surface area contributed by atoms with Gasteiger partial charge in [0, 0.05) is 43.2 Å². The fraction of sp³-hybridized carbons (Fsp3) is 0.400. The van der Waals surface area contributed by atoms with E-state index in [4.69, 9.17) is 0 Å². The highest BCUT2D eigenvalue weighted by atomic mass is 16.2. The van der Waals surface area contributed by atoms with Crippen molar-refractivity contribution in [3.05, 3.63) is 35.8 Å². The molecule has 1 aliphatic carbocycles. The van der Waals surface area contributed by atoms with Gasteiger partial charge in [0.1, 0.15) is 0 Å². The SMILES string of the molecule is Cn1cc2ccc(C(=O)N(CCc3nn[nH]n3)C3CC3)cc2n1. The zero-order valence-electron chi connectivity index (χ0n) is 12.8. The van der Waals surface area contributed by atoms with Gasteiger partial charge in [-0.3, -0.25) is 9.48 Å². The van der Waals surface area contributed by atoms with Gasteiger partial charge in [-0.25, -0.2) is 0 Å². The Bertz CT molecular complexity index is 835. The average Bonchev–Trinajstić information content (AvgIpc) is 3.09. The third kappa shape index (κ3) is 2.79. The molecule has 2 heterocycles. The molecule has 2 aromatic heterocycles. The molecule has 0 saturated heterocycles. The highest BCUT2D eigenvalue weighted by molar-refractivity contribution is 5.98. The van der Waals surface area contributed by atoms with Crippen molar-refractivity contribution in [3.63, 3.8) is 0 Å². The maximum atomic E-state index is 12.9. The summed E-state index contributed by atoms with van der Waals surface area (Å²) in [5.41, 5.74) is 1.52. The lowest BCUT2D eigenvalue weighted by Gasteiger charge is -2.21. The van der Waals surface area contributed by atoms with Crippen molar-refractivity contribution < 1.29 is 4.79 Å². The molecular formula is C15H17N7O. The van der Waals surface area contributed by atoms with Crippen LogP contribution in [-0.4, -0.2) is 53.8 Å². The second kappa shape index (κ2) is 5.45. The zero-order valence-corrected chi connectivity index (χ0v) is 12.8. The number of fused-ring (bicyclic) bond motifs is 1. The average molecular weight is 311 g/mol. The van der Waals surface area contributed by atoms with Crippen molar-refractivity contribution in [2.75, 3.05) is 6.54 Å². The summed E-state index contributed by atoms with van der Waals surface area (Å²) in [6, 6.07) is 6.01. The van der Waals surface area contributed by atoms with Crippen LogP contribution < -0.4 is 0 Å². The van der Waals surface area contributed by atoms with Crippen LogP contribution in [0.4, 0.5) is 0 Å². The van der Waals surface area contributed by atoms with Crippen LogP contribution in [-0.2, 0) is 13.5 Å². The number of carbonyl (C=O) groups is 1. The Labute approximate surface area is 132 Å². The molecule has 1 fully saturated rings. The Hall–Kier alpha value is -2.77. The molecule has 0 atom stereocenters. The van der Waals surface area contributed by atoms with Gasteiger partial charge in [0.05, 0.1) is 5.52 Å². The van der Waals surface area contributed by atoms with Crippen molar-refractivity contribution >= 4 is 16.8 Å². The summed E-state index contributed by atoms with van der Waals surface area (Å²) in [7, 11) is 1.88. The number of hydrogen-bond acceptors (Lipinski definition) is 5. The van der Waals surface area contributed by atoms with Crippen molar-refractivity contribution in [2.45, 2.75) is 25.3 Å². The number of nitrogens with one attached hydrogen (secondary N) is 1. The quantitative estimate of drug-likeness (QED) is 0.757. The zero-order chi connectivity index (χ0) is 15.8. The lowest BCUT2D eigenvalue weighted by molar-refractivity contribution is 0.0744. The first-order valence-electron chi connectivity index (χ1n) is 7.67. The van der Waals surface area contributed by atoms with Crippen LogP contribution in [0.15, 0.2) is 24.4 Å². The van der Waals surface area contributed by atoms with E-state index in [9.17, 15) is 4.79 Å². The molecule has 0 spiro atoms. The van der Waals surface area contributed by atoms with E-state index in [1.807, 2.05) is 36.3 Å². The number of H-pyrrole nitrogens is 1. The predicted octanol–water partition coefficient (Wildman–Crippen LogP) is 0.934. The van der Waals surface area contributed by atoms with Crippen LogP contribution in [0.1, 0.15) is 29.0 Å². The van der Waals surface area contributed by atoms with Gasteiger partial charge in [-0.15, -0.1) is 10.2 Å². The third-order valence-corrected chi connectivity index (χ3v) is 4.08.